The van der Waals surface area contributed by atoms with E-state index in [4.69, 9.17) is 35.8 Å². The molecular weight excluding hydrogens is 504 g/mol. The van der Waals surface area contributed by atoms with Crippen LogP contribution in [0.15, 0.2) is 54.7 Å². The van der Waals surface area contributed by atoms with E-state index in [1.807, 2.05) is 49.4 Å². The maximum absolute atomic E-state index is 6.17. The predicted molar refractivity (Wildman–Crippen MR) is 149 cm³/mol. The second-order valence-electron chi connectivity index (χ2n) is 9.32. The molecule has 1 fully saturated rings. The molecule has 0 bridgehead atoms. The SMILES string of the molecule is Cc1cc(N2CCOCC2)nc(N(CCNc2ccnc3cc(Cl)ccc23)Cc2ccc3c(c2)OCO3)n1. The van der Waals surface area contributed by atoms with Crippen LogP contribution in [-0.4, -0.2) is 61.1 Å². The predicted octanol–water partition coefficient (Wildman–Crippen LogP) is 4.67. The van der Waals surface area contributed by atoms with Gasteiger partial charge in [-0.1, -0.05) is 17.7 Å². The minimum Gasteiger partial charge on any atom is -0.454 e. The van der Waals surface area contributed by atoms with Crippen molar-refractivity contribution in [1.82, 2.24) is 15.0 Å². The Morgan fingerprint density at radius 2 is 1.87 bits per heavy atom. The van der Waals surface area contributed by atoms with Gasteiger partial charge in [-0.15, -0.1) is 0 Å². The monoisotopic (exact) mass is 532 g/mol. The highest BCUT2D eigenvalue weighted by Gasteiger charge is 2.19. The fourth-order valence-corrected chi connectivity index (χ4v) is 4.91. The number of benzene rings is 2. The van der Waals surface area contributed by atoms with Gasteiger partial charge in [0.2, 0.25) is 12.7 Å². The van der Waals surface area contributed by atoms with Crippen LogP contribution < -0.4 is 24.6 Å². The van der Waals surface area contributed by atoms with Gasteiger partial charge in [0.05, 0.1) is 18.7 Å². The van der Waals surface area contributed by atoms with E-state index in [0.717, 1.165) is 58.3 Å². The molecule has 6 rings (SSSR count). The second kappa shape index (κ2) is 10.9. The van der Waals surface area contributed by atoms with Gasteiger partial charge in [-0.25, -0.2) is 4.98 Å². The number of rotatable bonds is 8. The highest BCUT2D eigenvalue weighted by molar-refractivity contribution is 6.31. The summed E-state index contributed by atoms with van der Waals surface area (Å²) in [6, 6.07) is 15.8. The first-order valence-electron chi connectivity index (χ1n) is 12.7. The lowest BCUT2D eigenvalue weighted by Gasteiger charge is -2.30. The molecule has 0 spiro atoms. The Balaban J connectivity index is 1.26. The first kappa shape index (κ1) is 24.5. The van der Waals surface area contributed by atoms with Crippen molar-refractivity contribution in [3.8, 4) is 11.5 Å². The van der Waals surface area contributed by atoms with Crippen LogP contribution >= 0.6 is 11.6 Å². The molecule has 1 saturated heterocycles. The number of nitrogens with zero attached hydrogens (tertiary/aromatic N) is 5. The normalized spacial score (nSPS) is 14.6. The lowest BCUT2D eigenvalue weighted by Crippen LogP contribution is -2.37. The van der Waals surface area contributed by atoms with Crippen LogP contribution in [0.1, 0.15) is 11.3 Å². The van der Waals surface area contributed by atoms with Crippen molar-refractivity contribution < 1.29 is 14.2 Å². The zero-order chi connectivity index (χ0) is 25.9. The lowest BCUT2D eigenvalue weighted by atomic mass is 10.2. The summed E-state index contributed by atoms with van der Waals surface area (Å²) in [7, 11) is 0. The number of morpholine rings is 1. The summed E-state index contributed by atoms with van der Waals surface area (Å²) < 4.78 is 16.7. The maximum Gasteiger partial charge on any atom is 0.231 e. The van der Waals surface area contributed by atoms with E-state index in [-0.39, 0.29) is 6.79 Å². The molecule has 0 saturated carbocycles. The van der Waals surface area contributed by atoms with Gasteiger partial charge in [-0.3, -0.25) is 4.98 Å². The summed E-state index contributed by atoms with van der Waals surface area (Å²) >= 11 is 6.17. The van der Waals surface area contributed by atoms with Crippen molar-refractivity contribution >= 4 is 40.0 Å². The number of hydrogen-bond acceptors (Lipinski definition) is 9. The first-order valence-corrected chi connectivity index (χ1v) is 13.1. The molecule has 0 amide bonds. The second-order valence-corrected chi connectivity index (χ2v) is 9.76. The van der Waals surface area contributed by atoms with Crippen LogP contribution in [-0.2, 0) is 11.3 Å². The molecule has 0 unspecified atom stereocenters. The fourth-order valence-electron chi connectivity index (χ4n) is 4.74. The quantitative estimate of drug-likeness (QED) is 0.348. The number of anilines is 3. The molecule has 2 aromatic heterocycles. The molecular formula is C28H29ClN6O3. The van der Waals surface area contributed by atoms with Crippen LogP contribution in [0.5, 0.6) is 11.5 Å². The van der Waals surface area contributed by atoms with Crippen LogP contribution in [0.4, 0.5) is 17.5 Å². The Labute approximate surface area is 226 Å². The molecule has 0 radical (unpaired) electrons. The number of nitrogens with one attached hydrogen (secondary N) is 1. The molecule has 0 atom stereocenters. The van der Waals surface area contributed by atoms with Crippen molar-refractivity contribution in [1.29, 1.82) is 0 Å². The van der Waals surface area contributed by atoms with Gasteiger partial charge < -0.3 is 29.3 Å². The zero-order valence-corrected chi connectivity index (χ0v) is 21.9. The van der Waals surface area contributed by atoms with Gasteiger partial charge in [0, 0.05) is 66.8 Å². The molecule has 4 heterocycles. The van der Waals surface area contributed by atoms with Crippen molar-refractivity contribution in [2.75, 3.05) is 61.3 Å². The van der Waals surface area contributed by atoms with E-state index >= 15 is 0 Å². The summed E-state index contributed by atoms with van der Waals surface area (Å²) in [6.45, 7) is 7.28. The summed E-state index contributed by atoms with van der Waals surface area (Å²) in [5.74, 6) is 3.16. The number of aryl methyl sites for hydroxylation is 1. The van der Waals surface area contributed by atoms with Gasteiger partial charge in [0.15, 0.2) is 11.5 Å². The number of pyridine rings is 1. The van der Waals surface area contributed by atoms with E-state index in [1.165, 1.54) is 0 Å². The third-order valence-electron chi connectivity index (χ3n) is 6.66. The minimum atomic E-state index is 0.251. The molecule has 38 heavy (non-hydrogen) atoms. The molecule has 1 N–H and O–H groups in total. The fraction of sp³-hybridized carbons (Fsp3) is 0.321. The van der Waals surface area contributed by atoms with Gasteiger partial charge in [0.25, 0.3) is 0 Å². The minimum absolute atomic E-state index is 0.251. The number of aromatic nitrogens is 3. The number of halogens is 1. The number of hydrogen-bond donors (Lipinski definition) is 1. The average Bonchev–Trinajstić information content (AvgIpc) is 3.40. The summed E-state index contributed by atoms with van der Waals surface area (Å²) in [4.78, 5) is 18.7. The van der Waals surface area contributed by atoms with Crippen molar-refractivity contribution in [3.63, 3.8) is 0 Å². The topological polar surface area (TPSA) is 84.9 Å². The smallest absolute Gasteiger partial charge is 0.231 e. The van der Waals surface area contributed by atoms with E-state index in [2.05, 4.69) is 26.2 Å². The van der Waals surface area contributed by atoms with Crippen molar-refractivity contribution in [2.45, 2.75) is 13.5 Å². The average molecular weight is 533 g/mol. The molecule has 2 aliphatic rings. The Hall–Kier alpha value is -3.82. The molecule has 10 heteroatoms. The van der Waals surface area contributed by atoms with Crippen LogP contribution in [0, 0.1) is 6.92 Å². The third kappa shape index (κ3) is 5.39. The molecule has 196 valence electrons. The van der Waals surface area contributed by atoms with Gasteiger partial charge >= 0.3 is 0 Å². The number of fused-ring (bicyclic) bond motifs is 2. The van der Waals surface area contributed by atoms with E-state index in [0.29, 0.717) is 43.8 Å². The largest absolute Gasteiger partial charge is 0.454 e. The summed E-state index contributed by atoms with van der Waals surface area (Å²) in [6.07, 6.45) is 1.80. The number of ether oxygens (including phenoxy) is 3. The standard InChI is InChI=1S/C28H29ClN6O3/c1-19-14-27(34-10-12-36-13-11-34)33-28(32-19)35(17-20-2-5-25-26(15-20)38-18-37-25)9-8-31-23-6-7-30-24-16-21(29)3-4-22(23)24/h2-7,14-16H,8-13,17-18H2,1H3,(H,30,31). The Morgan fingerprint density at radius 3 is 2.76 bits per heavy atom. The summed E-state index contributed by atoms with van der Waals surface area (Å²) in [5, 5.41) is 5.27. The van der Waals surface area contributed by atoms with Crippen LogP contribution in [0.3, 0.4) is 0 Å². The third-order valence-corrected chi connectivity index (χ3v) is 6.89. The van der Waals surface area contributed by atoms with Crippen molar-refractivity contribution in [2.24, 2.45) is 0 Å². The highest BCUT2D eigenvalue weighted by Crippen LogP contribution is 2.33. The van der Waals surface area contributed by atoms with Gasteiger partial charge in [-0.05, 0) is 48.9 Å². The van der Waals surface area contributed by atoms with E-state index < -0.39 is 0 Å². The van der Waals surface area contributed by atoms with E-state index in [1.54, 1.807) is 6.20 Å². The maximum atomic E-state index is 6.17. The van der Waals surface area contributed by atoms with Crippen LogP contribution in [0.2, 0.25) is 5.02 Å². The molecule has 9 nitrogen and oxygen atoms in total. The molecule has 2 aliphatic heterocycles. The first-order chi connectivity index (χ1) is 18.6. The zero-order valence-electron chi connectivity index (χ0n) is 21.2. The van der Waals surface area contributed by atoms with Gasteiger partial charge in [-0.2, -0.15) is 4.98 Å². The highest BCUT2D eigenvalue weighted by atomic mass is 35.5. The van der Waals surface area contributed by atoms with Crippen LogP contribution in [0.25, 0.3) is 10.9 Å². The molecule has 4 aromatic rings. The summed E-state index contributed by atoms with van der Waals surface area (Å²) in [5.41, 5.74) is 3.89. The Bertz CT molecular complexity index is 1450. The Kier molecular flexibility index (Phi) is 7.02. The molecule has 0 aliphatic carbocycles. The Morgan fingerprint density at radius 1 is 1.00 bits per heavy atom. The molecule has 2 aromatic carbocycles. The van der Waals surface area contributed by atoms with Crippen molar-refractivity contribution in [3.05, 3.63) is 71.0 Å². The van der Waals surface area contributed by atoms with E-state index in [9.17, 15) is 0 Å². The van der Waals surface area contributed by atoms with Gasteiger partial charge in [0.1, 0.15) is 5.82 Å². The lowest BCUT2D eigenvalue weighted by molar-refractivity contribution is 0.122.